The molecule has 0 aromatic carbocycles. The molecule has 0 spiro atoms. The quantitative estimate of drug-likeness (QED) is 0.805. The maximum atomic E-state index is 8.89. The second kappa shape index (κ2) is 4.46. The van der Waals surface area contributed by atoms with Crippen molar-refractivity contribution in [3.8, 4) is 17.5 Å². The molecular weight excluding hydrogens is 236 g/mol. The van der Waals surface area contributed by atoms with Crippen molar-refractivity contribution < 1.29 is 9.26 Å². The summed E-state index contributed by atoms with van der Waals surface area (Å²) in [5.41, 5.74) is 0.830. The van der Waals surface area contributed by atoms with Crippen LogP contribution in [0.1, 0.15) is 5.69 Å². The number of nitrogens with one attached hydrogen (secondary N) is 1. The van der Waals surface area contributed by atoms with Crippen LogP contribution >= 0.6 is 0 Å². The highest BCUT2D eigenvalue weighted by Crippen LogP contribution is 2.22. The molecule has 1 fully saturated rings. The van der Waals surface area contributed by atoms with Gasteiger partial charge < -0.3 is 14.2 Å². The summed E-state index contributed by atoms with van der Waals surface area (Å²) >= 11 is 0. The zero-order valence-corrected chi connectivity index (χ0v) is 9.46. The molecule has 92 valence electrons. The third-order valence-electron chi connectivity index (χ3n) is 2.69. The van der Waals surface area contributed by atoms with Crippen molar-refractivity contribution in [2.45, 2.75) is 0 Å². The fourth-order valence-electron chi connectivity index (χ4n) is 1.75. The number of ether oxygens (including phenoxy) is 1. The van der Waals surface area contributed by atoms with Crippen molar-refractivity contribution in [2.24, 2.45) is 0 Å². The zero-order valence-electron chi connectivity index (χ0n) is 9.46. The van der Waals surface area contributed by atoms with Crippen LogP contribution in [0.2, 0.25) is 0 Å². The molecular formula is C10H10N6O2. The SMILES string of the molecule is N#Cc1[nH]ncc1-c1nc(N2CCOCC2)no1. The Kier molecular flexibility index (Phi) is 2.66. The number of aromatic amines is 1. The number of aromatic nitrogens is 4. The molecule has 1 N–H and O–H groups in total. The summed E-state index contributed by atoms with van der Waals surface area (Å²) in [6.07, 6.45) is 1.50. The predicted octanol–water partition coefficient (Wildman–Crippen LogP) is 0.168. The first kappa shape index (κ1) is 10.7. The summed E-state index contributed by atoms with van der Waals surface area (Å²) in [5, 5.41) is 19.1. The first-order valence-corrected chi connectivity index (χ1v) is 5.49. The van der Waals surface area contributed by atoms with E-state index < -0.39 is 0 Å². The fourth-order valence-corrected chi connectivity index (χ4v) is 1.75. The Hall–Kier alpha value is -2.40. The van der Waals surface area contributed by atoms with Crippen LogP contribution in [0.25, 0.3) is 11.5 Å². The normalized spacial score (nSPS) is 15.6. The summed E-state index contributed by atoms with van der Waals surface area (Å²) < 4.78 is 10.4. The Morgan fingerprint density at radius 2 is 2.22 bits per heavy atom. The minimum absolute atomic E-state index is 0.293. The number of hydrogen-bond acceptors (Lipinski definition) is 7. The minimum atomic E-state index is 0.293. The minimum Gasteiger partial charge on any atom is -0.378 e. The number of hydrogen-bond donors (Lipinski definition) is 1. The Morgan fingerprint density at radius 1 is 1.39 bits per heavy atom. The average molecular weight is 246 g/mol. The number of rotatable bonds is 2. The molecule has 0 radical (unpaired) electrons. The molecule has 2 aromatic heterocycles. The van der Waals surface area contributed by atoms with Crippen LogP contribution in [0.5, 0.6) is 0 Å². The van der Waals surface area contributed by atoms with E-state index in [4.69, 9.17) is 14.5 Å². The molecule has 0 aliphatic carbocycles. The maximum absolute atomic E-state index is 8.89. The monoisotopic (exact) mass is 246 g/mol. The molecule has 1 saturated heterocycles. The van der Waals surface area contributed by atoms with E-state index in [1.54, 1.807) is 0 Å². The number of anilines is 1. The maximum Gasteiger partial charge on any atom is 0.266 e. The number of nitriles is 1. The Labute approximate surface area is 102 Å². The standard InChI is InChI=1S/C10H10N6O2/c11-5-8-7(6-12-14-8)9-13-10(15-18-9)16-1-3-17-4-2-16/h6H,1-4H2,(H,12,14). The van der Waals surface area contributed by atoms with E-state index >= 15 is 0 Å². The lowest BCUT2D eigenvalue weighted by Crippen LogP contribution is -2.36. The summed E-state index contributed by atoms with van der Waals surface area (Å²) in [5.74, 6) is 0.806. The van der Waals surface area contributed by atoms with Gasteiger partial charge in [-0.05, 0) is 5.16 Å². The highest BCUT2D eigenvalue weighted by atomic mass is 16.5. The molecule has 0 atom stereocenters. The molecule has 0 unspecified atom stereocenters. The van der Waals surface area contributed by atoms with Crippen molar-refractivity contribution >= 4 is 5.95 Å². The van der Waals surface area contributed by atoms with Crippen LogP contribution in [-0.4, -0.2) is 46.6 Å². The van der Waals surface area contributed by atoms with Gasteiger partial charge in [-0.1, -0.05) is 0 Å². The topological polar surface area (TPSA) is 104 Å². The Morgan fingerprint density at radius 3 is 3.00 bits per heavy atom. The third kappa shape index (κ3) is 1.80. The van der Waals surface area contributed by atoms with Gasteiger partial charge in [-0.25, -0.2) is 0 Å². The summed E-state index contributed by atoms with van der Waals surface area (Å²) in [6.45, 7) is 2.77. The van der Waals surface area contributed by atoms with Gasteiger partial charge >= 0.3 is 0 Å². The van der Waals surface area contributed by atoms with Crippen molar-refractivity contribution in [3.05, 3.63) is 11.9 Å². The smallest absolute Gasteiger partial charge is 0.266 e. The van der Waals surface area contributed by atoms with Crippen molar-refractivity contribution in [1.82, 2.24) is 20.3 Å². The summed E-state index contributed by atoms with van der Waals surface area (Å²) in [4.78, 5) is 6.24. The molecule has 1 aliphatic rings. The zero-order chi connectivity index (χ0) is 12.4. The Bertz CT molecular complexity index is 577. The average Bonchev–Trinajstić information content (AvgIpc) is 3.08. The van der Waals surface area contributed by atoms with Crippen LogP contribution < -0.4 is 4.90 Å². The van der Waals surface area contributed by atoms with Gasteiger partial charge in [0.25, 0.3) is 11.8 Å². The lowest BCUT2D eigenvalue weighted by Gasteiger charge is -2.24. The first-order chi connectivity index (χ1) is 8.88. The molecule has 3 rings (SSSR count). The van der Waals surface area contributed by atoms with Gasteiger partial charge in [-0.15, -0.1) is 0 Å². The molecule has 0 bridgehead atoms. The van der Waals surface area contributed by atoms with E-state index in [1.807, 2.05) is 11.0 Å². The van der Waals surface area contributed by atoms with Gasteiger partial charge in [-0.3, -0.25) is 5.10 Å². The second-order valence-electron chi connectivity index (χ2n) is 3.77. The summed E-state index contributed by atoms with van der Waals surface area (Å²) in [6, 6.07) is 1.98. The second-order valence-corrected chi connectivity index (χ2v) is 3.77. The van der Waals surface area contributed by atoms with E-state index in [2.05, 4.69) is 20.3 Å². The van der Waals surface area contributed by atoms with E-state index in [9.17, 15) is 0 Å². The van der Waals surface area contributed by atoms with Crippen molar-refractivity contribution in [3.63, 3.8) is 0 Å². The highest BCUT2D eigenvalue weighted by molar-refractivity contribution is 5.60. The number of nitrogens with zero attached hydrogens (tertiary/aromatic N) is 5. The first-order valence-electron chi connectivity index (χ1n) is 5.49. The number of morpholine rings is 1. The molecule has 8 nitrogen and oxygen atoms in total. The number of H-pyrrole nitrogens is 1. The lowest BCUT2D eigenvalue weighted by molar-refractivity contribution is 0.121. The Balaban J connectivity index is 1.87. The van der Waals surface area contributed by atoms with Crippen LogP contribution in [-0.2, 0) is 4.74 Å². The molecule has 2 aromatic rings. The molecule has 3 heterocycles. The molecule has 18 heavy (non-hydrogen) atoms. The molecule has 0 saturated carbocycles. The highest BCUT2D eigenvalue weighted by Gasteiger charge is 2.19. The summed E-state index contributed by atoms with van der Waals surface area (Å²) in [7, 11) is 0. The van der Waals surface area contributed by atoms with E-state index in [0.29, 0.717) is 36.3 Å². The van der Waals surface area contributed by atoms with Gasteiger partial charge in [-0.2, -0.15) is 15.3 Å². The van der Waals surface area contributed by atoms with Crippen LogP contribution in [0.15, 0.2) is 10.7 Å². The molecule has 0 amide bonds. The van der Waals surface area contributed by atoms with Crippen LogP contribution in [0.4, 0.5) is 5.95 Å². The fraction of sp³-hybridized carbons (Fsp3) is 0.400. The van der Waals surface area contributed by atoms with Gasteiger partial charge in [0.2, 0.25) is 0 Å². The lowest BCUT2D eigenvalue weighted by atomic mass is 10.2. The van der Waals surface area contributed by atoms with E-state index in [0.717, 1.165) is 13.1 Å². The van der Waals surface area contributed by atoms with Crippen LogP contribution in [0.3, 0.4) is 0 Å². The van der Waals surface area contributed by atoms with Gasteiger partial charge in [0.1, 0.15) is 11.8 Å². The third-order valence-corrected chi connectivity index (χ3v) is 2.69. The van der Waals surface area contributed by atoms with Gasteiger partial charge in [0.05, 0.1) is 25.0 Å². The van der Waals surface area contributed by atoms with E-state index in [1.165, 1.54) is 6.20 Å². The van der Waals surface area contributed by atoms with Crippen molar-refractivity contribution in [2.75, 3.05) is 31.2 Å². The van der Waals surface area contributed by atoms with Crippen LogP contribution in [0, 0.1) is 11.3 Å². The molecule has 1 aliphatic heterocycles. The van der Waals surface area contributed by atoms with Gasteiger partial charge in [0.15, 0.2) is 0 Å². The van der Waals surface area contributed by atoms with Crippen molar-refractivity contribution in [1.29, 1.82) is 5.26 Å². The largest absolute Gasteiger partial charge is 0.378 e. The molecule has 8 heteroatoms. The van der Waals surface area contributed by atoms with Gasteiger partial charge in [0, 0.05) is 13.1 Å². The predicted molar refractivity (Wildman–Crippen MR) is 59.6 cm³/mol. The van der Waals surface area contributed by atoms with E-state index in [-0.39, 0.29) is 0 Å².